The predicted octanol–water partition coefficient (Wildman–Crippen LogP) is 5.30. The zero-order valence-corrected chi connectivity index (χ0v) is 21.0. The highest BCUT2D eigenvalue weighted by Gasteiger charge is 2.28. The molecule has 0 aromatic heterocycles. The van der Waals surface area contributed by atoms with E-state index in [9.17, 15) is 9.59 Å². The van der Waals surface area contributed by atoms with E-state index in [-0.39, 0.29) is 11.8 Å². The number of rotatable bonds is 7. The minimum Gasteiger partial charge on any atom is -0.354 e. The molecule has 0 radical (unpaired) electrons. The molecule has 7 heteroatoms. The van der Waals surface area contributed by atoms with E-state index in [2.05, 4.69) is 26.6 Å². The van der Waals surface area contributed by atoms with Crippen molar-refractivity contribution in [2.75, 3.05) is 42.7 Å². The zero-order chi connectivity index (χ0) is 24.2. The molecule has 2 N–H and O–H groups in total. The molecule has 0 bridgehead atoms. The molecule has 3 aromatic carbocycles. The molecule has 1 heterocycles. The van der Waals surface area contributed by atoms with Gasteiger partial charge in [0.15, 0.2) is 0 Å². The molecule has 0 saturated carbocycles. The minimum absolute atomic E-state index is 0.0000429. The van der Waals surface area contributed by atoms with Crippen molar-refractivity contribution < 1.29 is 9.59 Å². The normalized spacial score (nSPS) is 14.0. The number of carbonyl (C=O) groups excluding carboxylic acids is 2. The fourth-order valence-corrected chi connectivity index (χ4v) is 4.28. The van der Waals surface area contributed by atoms with Gasteiger partial charge >= 0.3 is 0 Å². The summed E-state index contributed by atoms with van der Waals surface area (Å²) in [7, 11) is 3.97. The Labute approximate surface area is 208 Å². The predicted molar refractivity (Wildman–Crippen MR) is 143 cm³/mol. The van der Waals surface area contributed by atoms with Gasteiger partial charge in [-0.15, -0.1) is 0 Å². The molecule has 4 rings (SSSR count). The van der Waals surface area contributed by atoms with Crippen molar-refractivity contribution in [2.45, 2.75) is 6.92 Å². The summed E-state index contributed by atoms with van der Waals surface area (Å²) in [5, 5.41) is 6.43. The third-order valence-electron chi connectivity index (χ3n) is 5.64. The van der Waals surface area contributed by atoms with E-state index in [0.717, 1.165) is 44.9 Å². The van der Waals surface area contributed by atoms with Crippen molar-refractivity contribution in [1.82, 2.24) is 4.90 Å². The van der Waals surface area contributed by atoms with Crippen LogP contribution in [0.25, 0.3) is 11.3 Å². The van der Waals surface area contributed by atoms with Crippen LogP contribution in [-0.4, -0.2) is 43.9 Å². The SMILES string of the molecule is CC(=O)N(CCN(C)C)c1ccc(NC(=C2C(=O)Nc3cc(Br)ccc32)c2ccccc2)cc1. The van der Waals surface area contributed by atoms with Gasteiger partial charge in [0, 0.05) is 41.4 Å². The van der Waals surface area contributed by atoms with Gasteiger partial charge in [0.1, 0.15) is 0 Å². The average molecular weight is 519 g/mol. The largest absolute Gasteiger partial charge is 0.354 e. The molecular formula is C27H27BrN4O2. The van der Waals surface area contributed by atoms with Crippen LogP contribution in [0, 0.1) is 0 Å². The van der Waals surface area contributed by atoms with Crippen molar-refractivity contribution in [3.05, 3.63) is 88.4 Å². The van der Waals surface area contributed by atoms with Gasteiger partial charge in [0.05, 0.1) is 17.0 Å². The molecule has 0 unspecified atom stereocenters. The zero-order valence-electron chi connectivity index (χ0n) is 19.4. The molecule has 0 atom stereocenters. The molecule has 3 aromatic rings. The van der Waals surface area contributed by atoms with Crippen molar-refractivity contribution in [1.29, 1.82) is 0 Å². The topological polar surface area (TPSA) is 64.7 Å². The molecule has 174 valence electrons. The number of hydrogen-bond acceptors (Lipinski definition) is 4. The molecule has 6 nitrogen and oxygen atoms in total. The van der Waals surface area contributed by atoms with Gasteiger partial charge in [0.2, 0.25) is 5.91 Å². The summed E-state index contributed by atoms with van der Waals surface area (Å²) in [5.41, 5.74) is 5.51. The Balaban J connectivity index is 1.70. The van der Waals surface area contributed by atoms with Crippen LogP contribution in [0.5, 0.6) is 0 Å². The summed E-state index contributed by atoms with van der Waals surface area (Å²) >= 11 is 3.47. The molecule has 0 fully saturated rings. The third kappa shape index (κ3) is 5.21. The van der Waals surface area contributed by atoms with E-state index in [0.29, 0.717) is 12.1 Å². The monoisotopic (exact) mass is 518 g/mol. The minimum atomic E-state index is -0.150. The Morgan fingerprint density at radius 1 is 0.971 bits per heavy atom. The second-order valence-corrected chi connectivity index (χ2v) is 9.32. The number of hydrogen-bond donors (Lipinski definition) is 2. The second kappa shape index (κ2) is 10.2. The number of halogens is 1. The molecule has 0 saturated heterocycles. The fraction of sp³-hybridized carbons (Fsp3) is 0.185. The lowest BCUT2D eigenvalue weighted by atomic mass is 10.00. The van der Waals surface area contributed by atoms with Crippen molar-refractivity contribution in [3.8, 4) is 0 Å². The average Bonchev–Trinajstić information content (AvgIpc) is 3.13. The van der Waals surface area contributed by atoms with Gasteiger partial charge in [-0.2, -0.15) is 0 Å². The molecule has 2 amide bonds. The van der Waals surface area contributed by atoms with E-state index >= 15 is 0 Å². The van der Waals surface area contributed by atoms with Gasteiger partial charge in [-0.1, -0.05) is 52.3 Å². The highest BCUT2D eigenvalue weighted by atomic mass is 79.9. The van der Waals surface area contributed by atoms with Crippen LogP contribution in [0.1, 0.15) is 18.1 Å². The smallest absolute Gasteiger partial charge is 0.258 e. The number of fused-ring (bicyclic) bond motifs is 1. The number of nitrogens with one attached hydrogen (secondary N) is 2. The Morgan fingerprint density at radius 2 is 1.68 bits per heavy atom. The van der Waals surface area contributed by atoms with Crippen molar-refractivity contribution in [3.63, 3.8) is 0 Å². The molecule has 1 aliphatic rings. The van der Waals surface area contributed by atoms with E-state index in [1.807, 2.05) is 91.8 Å². The van der Waals surface area contributed by atoms with E-state index in [4.69, 9.17) is 0 Å². The van der Waals surface area contributed by atoms with E-state index < -0.39 is 0 Å². The quantitative estimate of drug-likeness (QED) is 0.416. The molecular weight excluding hydrogens is 492 g/mol. The molecule has 0 aliphatic carbocycles. The first-order chi connectivity index (χ1) is 16.3. The molecule has 1 aliphatic heterocycles. The maximum absolute atomic E-state index is 13.0. The van der Waals surface area contributed by atoms with Gasteiger partial charge in [-0.3, -0.25) is 9.59 Å². The van der Waals surface area contributed by atoms with Crippen LogP contribution in [0.2, 0.25) is 0 Å². The van der Waals surface area contributed by atoms with E-state index in [1.54, 1.807) is 11.8 Å². The maximum Gasteiger partial charge on any atom is 0.258 e. The van der Waals surface area contributed by atoms with Crippen LogP contribution < -0.4 is 15.5 Å². The van der Waals surface area contributed by atoms with E-state index in [1.165, 1.54) is 0 Å². The first-order valence-electron chi connectivity index (χ1n) is 11.0. The number of amides is 2. The van der Waals surface area contributed by atoms with Gasteiger partial charge in [0.25, 0.3) is 5.91 Å². The number of benzene rings is 3. The first kappa shape index (κ1) is 23.7. The summed E-state index contributed by atoms with van der Waals surface area (Å²) in [5.74, 6) is -0.150. The van der Waals surface area contributed by atoms with Crippen molar-refractivity contribution in [2.24, 2.45) is 0 Å². The summed E-state index contributed by atoms with van der Waals surface area (Å²) in [6.07, 6.45) is 0. The second-order valence-electron chi connectivity index (χ2n) is 8.41. The van der Waals surface area contributed by atoms with Crippen LogP contribution in [0.15, 0.2) is 77.3 Å². The highest BCUT2D eigenvalue weighted by molar-refractivity contribution is 9.10. The lowest BCUT2D eigenvalue weighted by Gasteiger charge is -2.23. The van der Waals surface area contributed by atoms with Crippen molar-refractivity contribution >= 4 is 56.1 Å². The summed E-state index contributed by atoms with van der Waals surface area (Å²) in [6.45, 7) is 2.96. The van der Waals surface area contributed by atoms with Crippen LogP contribution in [-0.2, 0) is 9.59 Å². The van der Waals surface area contributed by atoms with Crippen LogP contribution in [0.3, 0.4) is 0 Å². The number of nitrogens with zero attached hydrogens (tertiary/aromatic N) is 2. The molecule has 0 spiro atoms. The van der Waals surface area contributed by atoms with Crippen LogP contribution in [0.4, 0.5) is 17.1 Å². The Hall–Kier alpha value is -3.42. The highest BCUT2D eigenvalue weighted by Crippen LogP contribution is 2.38. The van der Waals surface area contributed by atoms with Gasteiger partial charge < -0.3 is 20.4 Å². The number of carbonyl (C=O) groups is 2. The Morgan fingerprint density at radius 3 is 2.32 bits per heavy atom. The summed E-state index contributed by atoms with van der Waals surface area (Å²) < 4.78 is 0.905. The Kier molecular flexibility index (Phi) is 7.14. The fourth-order valence-electron chi connectivity index (χ4n) is 3.91. The lowest BCUT2D eigenvalue weighted by molar-refractivity contribution is -0.116. The van der Waals surface area contributed by atoms with Crippen LogP contribution >= 0.6 is 15.9 Å². The van der Waals surface area contributed by atoms with Gasteiger partial charge in [-0.25, -0.2) is 0 Å². The third-order valence-corrected chi connectivity index (χ3v) is 6.13. The first-order valence-corrected chi connectivity index (χ1v) is 11.8. The number of likely N-dealkylation sites (N-methyl/N-ethyl adjacent to an activating group) is 1. The maximum atomic E-state index is 13.0. The molecule has 34 heavy (non-hydrogen) atoms. The summed E-state index contributed by atoms with van der Waals surface area (Å²) in [4.78, 5) is 29.0. The number of anilines is 3. The standard InChI is InChI=1S/C27H27BrN4O2/c1-18(33)32(16-15-31(2)3)22-12-10-21(11-13-22)29-26(19-7-5-4-6-8-19)25-23-14-9-20(28)17-24(23)30-27(25)34/h4-14,17,29H,15-16H2,1-3H3,(H,30,34). The Bertz CT molecular complexity index is 1240. The lowest BCUT2D eigenvalue weighted by Crippen LogP contribution is -2.35. The van der Waals surface area contributed by atoms with Gasteiger partial charge in [-0.05, 0) is 56.1 Å². The summed E-state index contributed by atoms with van der Waals surface area (Å²) in [6, 6.07) is 23.3.